The molecule has 0 bridgehead atoms. The van der Waals surface area contributed by atoms with Crippen LogP contribution in [0, 0.1) is 5.82 Å². The molecule has 3 aromatic rings. The van der Waals surface area contributed by atoms with E-state index in [4.69, 9.17) is 11.6 Å². The number of rotatable bonds is 4. The molecule has 0 spiro atoms. The van der Waals surface area contributed by atoms with Crippen molar-refractivity contribution in [1.29, 1.82) is 0 Å². The number of halogens is 2. The summed E-state index contributed by atoms with van der Waals surface area (Å²) in [5.74, 6) is -0.412. The second-order valence-corrected chi connectivity index (χ2v) is 5.21. The topological polar surface area (TPSA) is 37.8 Å². The third kappa shape index (κ3) is 3.40. The SMILES string of the molecule is Fc1cc(CNc2cncc(-c3ccncc3)c2)ccc1Cl. The Balaban J connectivity index is 1.74. The number of hydrogen-bond donors (Lipinski definition) is 1. The van der Waals surface area contributed by atoms with Crippen LogP contribution < -0.4 is 5.32 Å². The first-order chi connectivity index (χ1) is 10.7. The predicted octanol–water partition coefficient (Wildman–Crippen LogP) is 4.55. The molecule has 110 valence electrons. The summed E-state index contributed by atoms with van der Waals surface area (Å²) < 4.78 is 13.4. The number of aromatic nitrogens is 2. The van der Waals surface area contributed by atoms with Crippen LogP contribution >= 0.6 is 11.6 Å². The number of benzene rings is 1. The summed E-state index contributed by atoms with van der Waals surface area (Å²) in [7, 11) is 0. The van der Waals surface area contributed by atoms with E-state index < -0.39 is 5.82 Å². The fourth-order valence-electron chi connectivity index (χ4n) is 2.09. The summed E-state index contributed by atoms with van der Waals surface area (Å²) in [6.45, 7) is 0.496. The average Bonchev–Trinajstić information content (AvgIpc) is 2.57. The van der Waals surface area contributed by atoms with Crippen molar-refractivity contribution in [3.05, 3.63) is 77.6 Å². The summed E-state index contributed by atoms with van der Waals surface area (Å²) >= 11 is 5.68. The number of anilines is 1. The molecule has 0 amide bonds. The minimum atomic E-state index is -0.412. The first kappa shape index (κ1) is 14.5. The third-order valence-electron chi connectivity index (χ3n) is 3.23. The zero-order valence-electron chi connectivity index (χ0n) is 11.6. The summed E-state index contributed by atoms with van der Waals surface area (Å²) in [6, 6.07) is 10.6. The molecule has 22 heavy (non-hydrogen) atoms. The first-order valence-corrected chi connectivity index (χ1v) is 7.13. The lowest BCUT2D eigenvalue weighted by atomic mass is 10.1. The lowest BCUT2D eigenvalue weighted by Gasteiger charge is -2.08. The van der Waals surface area contributed by atoms with E-state index in [2.05, 4.69) is 15.3 Å². The normalized spacial score (nSPS) is 10.5. The Hall–Kier alpha value is -2.46. The minimum absolute atomic E-state index is 0.130. The Bertz CT molecular complexity index is 778. The molecule has 2 heterocycles. The number of hydrogen-bond acceptors (Lipinski definition) is 3. The lowest BCUT2D eigenvalue weighted by Crippen LogP contribution is -2.00. The highest BCUT2D eigenvalue weighted by Gasteiger charge is 2.03. The van der Waals surface area contributed by atoms with Crippen LogP contribution in [0.4, 0.5) is 10.1 Å². The molecule has 5 heteroatoms. The van der Waals surface area contributed by atoms with Gasteiger partial charge in [0.2, 0.25) is 0 Å². The molecule has 3 rings (SSSR count). The number of pyridine rings is 2. The summed E-state index contributed by atoms with van der Waals surface area (Å²) in [4.78, 5) is 8.23. The average molecular weight is 314 g/mol. The number of nitrogens with one attached hydrogen (secondary N) is 1. The zero-order chi connectivity index (χ0) is 15.4. The third-order valence-corrected chi connectivity index (χ3v) is 3.54. The van der Waals surface area contributed by atoms with Crippen molar-refractivity contribution >= 4 is 17.3 Å². The van der Waals surface area contributed by atoms with Gasteiger partial charge in [-0.15, -0.1) is 0 Å². The smallest absolute Gasteiger partial charge is 0.142 e. The van der Waals surface area contributed by atoms with Gasteiger partial charge in [0.1, 0.15) is 5.82 Å². The maximum absolute atomic E-state index is 13.4. The predicted molar refractivity (Wildman–Crippen MR) is 86.2 cm³/mol. The van der Waals surface area contributed by atoms with Crippen molar-refractivity contribution in [2.45, 2.75) is 6.54 Å². The van der Waals surface area contributed by atoms with Crippen LogP contribution in [0.1, 0.15) is 5.56 Å². The molecular formula is C17H13ClFN3. The molecule has 0 fully saturated rings. The van der Waals surface area contributed by atoms with Crippen LogP contribution in [0.2, 0.25) is 5.02 Å². The van der Waals surface area contributed by atoms with E-state index in [-0.39, 0.29) is 5.02 Å². The Kier molecular flexibility index (Phi) is 4.30. The minimum Gasteiger partial charge on any atom is -0.380 e. The summed E-state index contributed by atoms with van der Waals surface area (Å²) in [5.41, 5.74) is 3.72. The van der Waals surface area contributed by atoms with Crippen LogP contribution in [0.25, 0.3) is 11.1 Å². The molecule has 0 aliphatic rings. The highest BCUT2D eigenvalue weighted by Crippen LogP contribution is 2.21. The van der Waals surface area contributed by atoms with Crippen LogP contribution in [0.5, 0.6) is 0 Å². The second-order valence-electron chi connectivity index (χ2n) is 4.80. The molecule has 0 unspecified atom stereocenters. The van der Waals surface area contributed by atoms with Crippen molar-refractivity contribution < 1.29 is 4.39 Å². The van der Waals surface area contributed by atoms with E-state index in [0.717, 1.165) is 22.4 Å². The largest absolute Gasteiger partial charge is 0.380 e. The van der Waals surface area contributed by atoms with Gasteiger partial charge in [-0.1, -0.05) is 17.7 Å². The van der Waals surface area contributed by atoms with Gasteiger partial charge < -0.3 is 5.32 Å². The molecule has 0 radical (unpaired) electrons. The van der Waals surface area contributed by atoms with Crippen LogP contribution in [0.15, 0.2) is 61.2 Å². The van der Waals surface area contributed by atoms with Crippen LogP contribution in [0.3, 0.4) is 0 Å². The molecule has 0 aliphatic carbocycles. The van der Waals surface area contributed by atoms with Crippen molar-refractivity contribution in [2.24, 2.45) is 0 Å². The molecule has 0 atom stereocenters. The maximum atomic E-state index is 13.4. The Morgan fingerprint density at radius 3 is 2.55 bits per heavy atom. The van der Waals surface area contributed by atoms with E-state index in [1.807, 2.05) is 18.2 Å². The summed E-state index contributed by atoms with van der Waals surface area (Å²) in [6.07, 6.45) is 7.01. The molecule has 1 aromatic carbocycles. The monoisotopic (exact) mass is 313 g/mol. The van der Waals surface area contributed by atoms with Gasteiger partial charge in [0.25, 0.3) is 0 Å². The van der Waals surface area contributed by atoms with Gasteiger partial charge in [-0.2, -0.15) is 0 Å². The van der Waals surface area contributed by atoms with Gasteiger partial charge in [-0.3, -0.25) is 9.97 Å². The fourth-order valence-corrected chi connectivity index (χ4v) is 2.21. The van der Waals surface area contributed by atoms with E-state index in [1.54, 1.807) is 36.9 Å². The molecule has 3 nitrogen and oxygen atoms in total. The first-order valence-electron chi connectivity index (χ1n) is 6.75. The van der Waals surface area contributed by atoms with Gasteiger partial charge in [0.05, 0.1) is 10.7 Å². The zero-order valence-corrected chi connectivity index (χ0v) is 12.4. The molecule has 1 N–H and O–H groups in total. The van der Waals surface area contributed by atoms with Crippen molar-refractivity contribution in [3.63, 3.8) is 0 Å². The lowest BCUT2D eigenvalue weighted by molar-refractivity contribution is 0.626. The maximum Gasteiger partial charge on any atom is 0.142 e. The van der Waals surface area contributed by atoms with E-state index in [9.17, 15) is 4.39 Å². The van der Waals surface area contributed by atoms with Gasteiger partial charge in [-0.25, -0.2) is 4.39 Å². The molecule has 0 saturated carbocycles. The van der Waals surface area contributed by atoms with E-state index >= 15 is 0 Å². The molecule has 0 aliphatic heterocycles. The van der Waals surface area contributed by atoms with Gasteiger partial charge in [0, 0.05) is 36.9 Å². The van der Waals surface area contributed by atoms with Gasteiger partial charge in [-0.05, 0) is 41.5 Å². The Morgan fingerprint density at radius 1 is 0.955 bits per heavy atom. The van der Waals surface area contributed by atoms with Crippen molar-refractivity contribution in [2.75, 3.05) is 5.32 Å². The molecule has 2 aromatic heterocycles. The van der Waals surface area contributed by atoms with Crippen LogP contribution in [-0.2, 0) is 6.54 Å². The number of nitrogens with zero attached hydrogens (tertiary/aromatic N) is 2. The highest BCUT2D eigenvalue weighted by atomic mass is 35.5. The Labute approximate surface area is 132 Å². The Morgan fingerprint density at radius 2 is 1.77 bits per heavy atom. The molecular weight excluding hydrogens is 301 g/mol. The van der Waals surface area contributed by atoms with Crippen molar-refractivity contribution in [3.8, 4) is 11.1 Å². The standard InChI is InChI=1S/C17H13ClFN3/c18-16-2-1-12(7-17(16)19)9-22-15-8-14(10-21-11-15)13-3-5-20-6-4-13/h1-8,10-11,22H,9H2. The highest BCUT2D eigenvalue weighted by molar-refractivity contribution is 6.30. The summed E-state index contributed by atoms with van der Waals surface area (Å²) in [5, 5.41) is 3.36. The van der Waals surface area contributed by atoms with Crippen molar-refractivity contribution in [1.82, 2.24) is 9.97 Å². The van der Waals surface area contributed by atoms with Gasteiger partial charge in [0.15, 0.2) is 0 Å². The second kappa shape index (κ2) is 6.54. The van der Waals surface area contributed by atoms with Gasteiger partial charge >= 0.3 is 0 Å². The van der Waals surface area contributed by atoms with E-state index in [0.29, 0.717) is 6.54 Å². The van der Waals surface area contributed by atoms with Crippen LogP contribution in [-0.4, -0.2) is 9.97 Å². The quantitative estimate of drug-likeness (QED) is 0.768. The molecule has 0 saturated heterocycles. The fraction of sp³-hybridized carbons (Fsp3) is 0.0588. The van der Waals surface area contributed by atoms with E-state index in [1.165, 1.54) is 6.07 Å².